The SMILES string of the molecule is O=C(CCc1ccccn1)Nc1ccc2c(c1F)CCNC2. The molecule has 3 rings (SSSR count). The highest BCUT2D eigenvalue weighted by Crippen LogP contribution is 2.24. The van der Waals surface area contributed by atoms with Crippen LogP contribution in [0.5, 0.6) is 0 Å². The standard InChI is InChI=1S/C17H18FN3O/c18-17-14-8-10-19-11-12(14)4-6-15(17)21-16(22)7-5-13-3-1-2-9-20-13/h1-4,6,9,19H,5,7-8,10-11H2,(H,21,22). The third kappa shape index (κ3) is 3.31. The molecule has 0 spiro atoms. The second-order valence-electron chi connectivity index (χ2n) is 5.36. The summed E-state index contributed by atoms with van der Waals surface area (Å²) in [7, 11) is 0. The van der Waals surface area contributed by atoms with Crippen molar-refractivity contribution in [1.82, 2.24) is 10.3 Å². The van der Waals surface area contributed by atoms with Crippen LogP contribution >= 0.6 is 0 Å². The van der Waals surface area contributed by atoms with Gasteiger partial charge in [-0.15, -0.1) is 0 Å². The van der Waals surface area contributed by atoms with Crippen LogP contribution in [0.1, 0.15) is 23.2 Å². The van der Waals surface area contributed by atoms with Crippen molar-refractivity contribution in [2.24, 2.45) is 0 Å². The Morgan fingerprint density at radius 3 is 3.05 bits per heavy atom. The number of carbonyl (C=O) groups is 1. The Balaban J connectivity index is 1.64. The molecule has 1 aliphatic heterocycles. The molecule has 0 radical (unpaired) electrons. The van der Waals surface area contributed by atoms with Crippen molar-refractivity contribution in [2.45, 2.75) is 25.8 Å². The molecular formula is C17H18FN3O. The number of nitrogens with zero attached hydrogens (tertiary/aromatic N) is 1. The number of aromatic nitrogens is 1. The average Bonchev–Trinajstić information content (AvgIpc) is 2.57. The minimum Gasteiger partial charge on any atom is -0.324 e. The number of hydrogen-bond acceptors (Lipinski definition) is 3. The Labute approximate surface area is 128 Å². The lowest BCUT2D eigenvalue weighted by atomic mass is 9.99. The summed E-state index contributed by atoms with van der Waals surface area (Å²) in [4.78, 5) is 16.2. The lowest BCUT2D eigenvalue weighted by Crippen LogP contribution is -2.25. The number of halogens is 1. The van der Waals surface area contributed by atoms with E-state index in [1.165, 1.54) is 0 Å². The second-order valence-corrected chi connectivity index (χ2v) is 5.36. The summed E-state index contributed by atoms with van der Waals surface area (Å²) in [6.45, 7) is 1.45. The first kappa shape index (κ1) is 14.7. The van der Waals surface area contributed by atoms with Crippen LogP contribution in [0.3, 0.4) is 0 Å². The summed E-state index contributed by atoms with van der Waals surface area (Å²) in [5.41, 5.74) is 2.80. The Morgan fingerprint density at radius 1 is 1.32 bits per heavy atom. The number of hydrogen-bond donors (Lipinski definition) is 2. The van der Waals surface area contributed by atoms with Gasteiger partial charge in [0.2, 0.25) is 5.91 Å². The number of aryl methyl sites for hydroxylation is 1. The van der Waals surface area contributed by atoms with Gasteiger partial charge in [-0.2, -0.15) is 0 Å². The quantitative estimate of drug-likeness (QED) is 0.911. The monoisotopic (exact) mass is 299 g/mol. The van der Waals surface area contributed by atoms with Crippen molar-refractivity contribution < 1.29 is 9.18 Å². The van der Waals surface area contributed by atoms with Crippen molar-refractivity contribution in [3.05, 3.63) is 59.2 Å². The van der Waals surface area contributed by atoms with Crippen LogP contribution in [0.15, 0.2) is 36.5 Å². The molecule has 0 saturated carbocycles. The predicted molar refractivity (Wildman–Crippen MR) is 83.0 cm³/mol. The van der Waals surface area contributed by atoms with Crippen LogP contribution < -0.4 is 10.6 Å². The van der Waals surface area contributed by atoms with Crippen molar-refractivity contribution in [1.29, 1.82) is 0 Å². The maximum Gasteiger partial charge on any atom is 0.224 e. The van der Waals surface area contributed by atoms with Gasteiger partial charge in [-0.3, -0.25) is 9.78 Å². The molecule has 1 aliphatic rings. The fourth-order valence-electron chi connectivity index (χ4n) is 2.63. The third-order valence-corrected chi connectivity index (χ3v) is 3.82. The maximum atomic E-state index is 14.4. The van der Waals surface area contributed by atoms with Gasteiger partial charge >= 0.3 is 0 Å². The molecule has 114 valence electrons. The second kappa shape index (κ2) is 6.66. The van der Waals surface area contributed by atoms with Gasteiger partial charge in [-0.1, -0.05) is 12.1 Å². The van der Waals surface area contributed by atoms with Crippen molar-refractivity contribution >= 4 is 11.6 Å². The van der Waals surface area contributed by atoms with Crippen LogP contribution in [0.2, 0.25) is 0 Å². The molecule has 2 aromatic rings. The van der Waals surface area contributed by atoms with Gasteiger partial charge in [-0.25, -0.2) is 4.39 Å². The average molecular weight is 299 g/mol. The van der Waals surface area contributed by atoms with E-state index >= 15 is 0 Å². The largest absolute Gasteiger partial charge is 0.324 e. The van der Waals surface area contributed by atoms with Crippen molar-refractivity contribution in [2.75, 3.05) is 11.9 Å². The molecule has 5 heteroatoms. The van der Waals surface area contributed by atoms with E-state index in [1.54, 1.807) is 12.3 Å². The van der Waals surface area contributed by atoms with Gasteiger partial charge in [0.05, 0.1) is 5.69 Å². The zero-order valence-corrected chi connectivity index (χ0v) is 12.2. The summed E-state index contributed by atoms with van der Waals surface area (Å²) in [6, 6.07) is 9.11. The number of amides is 1. The molecule has 2 N–H and O–H groups in total. The molecular weight excluding hydrogens is 281 g/mol. The van der Waals surface area contributed by atoms with E-state index in [1.807, 2.05) is 24.3 Å². The Hall–Kier alpha value is -2.27. The fraction of sp³-hybridized carbons (Fsp3) is 0.294. The minimum atomic E-state index is -0.301. The van der Waals surface area contributed by atoms with Crippen LogP contribution in [-0.4, -0.2) is 17.4 Å². The van der Waals surface area contributed by atoms with E-state index in [2.05, 4.69) is 15.6 Å². The number of rotatable bonds is 4. The van der Waals surface area contributed by atoms with Crippen LogP contribution in [-0.2, 0) is 24.2 Å². The third-order valence-electron chi connectivity index (χ3n) is 3.82. The van der Waals surface area contributed by atoms with Crippen LogP contribution in [0, 0.1) is 5.82 Å². The first-order chi connectivity index (χ1) is 10.7. The number of pyridine rings is 1. The molecule has 0 fully saturated rings. The van der Waals surface area contributed by atoms with E-state index < -0.39 is 0 Å². The van der Waals surface area contributed by atoms with E-state index in [4.69, 9.17) is 0 Å². The van der Waals surface area contributed by atoms with Crippen LogP contribution in [0.25, 0.3) is 0 Å². The van der Waals surface area contributed by atoms with Crippen LogP contribution in [0.4, 0.5) is 10.1 Å². The summed E-state index contributed by atoms with van der Waals surface area (Å²) in [5.74, 6) is -0.497. The van der Waals surface area contributed by atoms with Gasteiger partial charge in [0.15, 0.2) is 0 Å². The molecule has 0 aliphatic carbocycles. The van der Waals surface area contributed by atoms with E-state index in [-0.39, 0.29) is 23.8 Å². The highest BCUT2D eigenvalue weighted by atomic mass is 19.1. The number of carbonyl (C=O) groups excluding carboxylic acids is 1. The molecule has 1 amide bonds. The molecule has 2 heterocycles. The zero-order valence-electron chi connectivity index (χ0n) is 12.2. The van der Waals surface area contributed by atoms with Gasteiger partial charge < -0.3 is 10.6 Å². The van der Waals surface area contributed by atoms with E-state index in [9.17, 15) is 9.18 Å². The lowest BCUT2D eigenvalue weighted by Gasteiger charge is -2.19. The zero-order chi connectivity index (χ0) is 15.4. The molecule has 0 atom stereocenters. The first-order valence-corrected chi connectivity index (χ1v) is 7.45. The van der Waals surface area contributed by atoms with Gasteiger partial charge in [-0.05, 0) is 48.7 Å². The highest BCUT2D eigenvalue weighted by Gasteiger charge is 2.17. The summed E-state index contributed by atoms with van der Waals surface area (Å²) in [6.07, 6.45) is 3.18. The van der Waals surface area contributed by atoms with E-state index in [0.717, 1.165) is 17.8 Å². The normalized spacial score (nSPS) is 13.5. The van der Waals surface area contributed by atoms with Gasteiger partial charge in [0.25, 0.3) is 0 Å². The molecule has 1 aromatic carbocycles. The number of nitrogens with one attached hydrogen (secondary N) is 2. The smallest absolute Gasteiger partial charge is 0.224 e. The lowest BCUT2D eigenvalue weighted by molar-refractivity contribution is -0.116. The van der Waals surface area contributed by atoms with Gasteiger partial charge in [0, 0.05) is 24.9 Å². The molecule has 0 saturated heterocycles. The van der Waals surface area contributed by atoms with Crippen molar-refractivity contribution in [3.8, 4) is 0 Å². The Kier molecular flexibility index (Phi) is 4.44. The Morgan fingerprint density at radius 2 is 2.23 bits per heavy atom. The molecule has 0 unspecified atom stereocenters. The van der Waals surface area contributed by atoms with Crippen molar-refractivity contribution in [3.63, 3.8) is 0 Å². The summed E-state index contributed by atoms with van der Waals surface area (Å²) >= 11 is 0. The molecule has 4 nitrogen and oxygen atoms in total. The summed E-state index contributed by atoms with van der Waals surface area (Å²) < 4.78 is 14.4. The van der Waals surface area contributed by atoms with Gasteiger partial charge in [0.1, 0.15) is 5.82 Å². The number of fused-ring (bicyclic) bond motifs is 1. The topological polar surface area (TPSA) is 54.0 Å². The minimum absolute atomic E-state index is 0.196. The molecule has 0 bridgehead atoms. The molecule has 1 aromatic heterocycles. The summed E-state index contributed by atoms with van der Waals surface area (Å²) in [5, 5.41) is 5.87. The number of benzene rings is 1. The molecule has 22 heavy (non-hydrogen) atoms. The first-order valence-electron chi connectivity index (χ1n) is 7.45. The predicted octanol–water partition coefficient (Wildman–Crippen LogP) is 2.44. The maximum absolute atomic E-state index is 14.4. The Bertz CT molecular complexity index is 673. The van der Waals surface area contributed by atoms with E-state index in [0.29, 0.717) is 24.9 Å². The highest BCUT2D eigenvalue weighted by molar-refractivity contribution is 5.91. The fourth-order valence-corrected chi connectivity index (χ4v) is 2.63. The number of anilines is 1.